The molecule has 0 saturated carbocycles. The average molecular weight is 411 g/mol. The smallest absolute Gasteiger partial charge is 0.338 e. The lowest BCUT2D eigenvalue weighted by Crippen LogP contribution is -2.21. The van der Waals surface area contributed by atoms with E-state index in [9.17, 15) is 9.59 Å². The van der Waals surface area contributed by atoms with E-state index in [4.69, 9.17) is 26.8 Å². The van der Waals surface area contributed by atoms with Crippen molar-refractivity contribution < 1.29 is 19.1 Å². The molecule has 0 aliphatic carbocycles. The number of carbonyl (C=O) groups is 2. The van der Waals surface area contributed by atoms with E-state index in [0.29, 0.717) is 23.1 Å². The Bertz CT molecular complexity index is 991. The average Bonchev–Trinajstić information content (AvgIpc) is 2.74. The lowest BCUT2D eigenvalue weighted by Gasteiger charge is -2.09. The predicted molar refractivity (Wildman–Crippen MR) is 112 cm³/mol. The van der Waals surface area contributed by atoms with Crippen molar-refractivity contribution in [3.8, 4) is 5.75 Å². The third-order valence-corrected chi connectivity index (χ3v) is 4.30. The second-order valence-corrected chi connectivity index (χ2v) is 6.57. The molecule has 0 spiro atoms. The van der Waals surface area contributed by atoms with Crippen LogP contribution in [0.2, 0.25) is 5.02 Å². The molecular formula is C22H19ClN2O4. The fourth-order valence-electron chi connectivity index (χ4n) is 2.46. The minimum atomic E-state index is -0.659. The van der Waals surface area contributed by atoms with E-state index in [0.717, 1.165) is 5.56 Å². The molecule has 3 aromatic carbocycles. The molecule has 29 heavy (non-hydrogen) atoms. The number of amides is 1. The number of halogens is 1. The highest BCUT2D eigenvalue weighted by Crippen LogP contribution is 2.20. The fourth-order valence-corrected chi connectivity index (χ4v) is 2.58. The third kappa shape index (κ3) is 5.99. The summed E-state index contributed by atoms with van der Waals surface area (Å²) in [6.07, 6.45) is 0. The second kappa shape index (κ2) is 9.61. The highest BCUT2D eigenvalue weighted by Gasteiger charge is 2.12. The Labute approximate surface area is 173 Å². The molecule has 0 saturated heterocycles. The molecule has 1 amide bonds. The summed E-state index contributed by atoms with van der Waals surface area (Å²) in [5, 5.41) is 3.00. The van der Waals surface area contributed by atoms with E-state index < -0.39 is 18.5 Å². The molecular weight excluding hydrogens is 392 g/mol. The van der Waals surface area contributed by atoms with Gasteiger partial charge in [0.25, 0.3) is 5.91 Å². The van der Waals surface area contributed by atoms with Crippen LogP contribution in [0.25, 0.3) is 0 Å². The molecule has 0 aliphatic rings. The van der Waals surface area contributed by atoms with Crippen LogP contribution in [0, 0.1) is 0 Å². The van der Waals surface area contributed by atoms with Crippen molar-refractivity contribution in [3.05, 3.63) is 88.9 Å². The lowest BCUT2D eigenvalue weighted by molar-refractivity contribution is -0.119. The monoisotopic (exact) mass is 410 g/mol. The van der Waals surface area contributed by atoms with Crippen LogP contribution in [0.3, 0.4) is 0 Å². The first-order valence-corrected chi connectivity index (χ1v) is 9.18. The number of rotatable bonds is 7. The summed E-state index contributed by atoms with van der Waals surface area (Å²) in [6.45, 7) is 0.0331. The number of carbonyl (C=O) groups excluding carboxylic acids is 2. The van der Waals surface area contributed by atoms with Gasteiger partial charge in [-0.3, -0.25) is 4.79 Å². The van der Waals surface area contributed by atoms with Crippen LogP contribution in [-0.2, 0) is 16.1 Å². The normalized spacial score (nSPS) is 10.2. The van der Waals surface area contributed by atoms with E-state index >= 15 is 0 Å². The summed E-state index contributed by atoms with van der Waals surface area (Å²) in [5.74, 6) is -0.440. The van der Waals surface area contributed by atoms with Crippen LogP contribution in [0.15, 0.2) is 72.8 Å². The summed E-state index contributed by atoms with van der Waals surface area (Å²) >= 11 is 5.81. The molecule has 0 fully saturated rings. The van der Waals surface area contributed by atoms with E-state index in [1.807, 2.05) is 30.3 Å². The van der Waals surface area contributed by atoms with Crippen LogP contribution >= 0.6 is 11.6 Å². The Morgan fingerprint density at radius 1 is 0.966 bits per heavy atom. The number of ether oxygens (including phenoxy) is 2. The van der Waals surface area contributed by atoms with Crippen LogP contribution < -0.4 is 15.8 Å². The summed E-state index contributed by atoms with van der Waals surface area (Å²) in [4.78, 5) is 24.0. The Kier molecular flexibility index (Phi) is 6.71. The van der Waals surface area contributed by atoms with Crippen molar-refractivity contribution in [1.29, 1.82) is 0 Å². The van der Waals surface area contributed by atoms with E-state index in [-0.39, 0.29) is 11.3 Å². The standard InChI is InChI=1S/C22H19ClN2O4/c23-19-11-6-16(12-20(19)24)22(27)29-14-21(26)25-17-7-9-18(10-8-17)28-13-15-4-2-1-3-5-15/h1-12H,13-14,24H2,(H,25,26). The highest BCUT2D eigenvalue weighted by molar-refractivity contribution is 6.33. The molecule has 148 valence electrons. The zero-order valence-electron chi connectivity index (χ0n) is 15.4. The quantitative estimate of drug-likeness (QED) is 0.447. The van der Waals surface area contributed by atoms with E-state index in [1.54, 1.807) is 24.3 Å². The summed E-state index contributed by atoms with van der Waals surface area (Å²) in [7, 11) is 0. The molecule has 3 rings (SSSR count). The van der Waals surface area contributed by atoms with Gasteiger partial charge in [0.05, 0.1) is 16.3 Å². The van der Waals surface area contributed by atoms with Crippen LogP contribution in [-0.4, -0.2) is 18.5 Å². The molecule has 3 N–H and O–H groups in total. The Morgan fingerprint density at radius 2 is 1.69 bits per heavy atom. The Hall–Kier alpha value is -3.51. The van der Waals surface area contributed by atoms with Gasteiger partial charge in [-0.1, -0.05) is 41.9 Å². The molecule has 0 bridgehead atoms. The second-order valence-electron chi connectivity index (χ2n) is 6.16. The van der Waals surface area contributed by atoms with Crippen molar-refractivity contribution in [1.82, 2.24) is 0 Å². The maximum absolute atomic E-state index is 12.0. The number of nitrogen functional groups attached to an aromatic ring is 1. The largest absolute Gasteiger partial charge is 0.489 e. The Balaban J connectivity index is 1.46. The molecule has 0 aliphatic heterocycles. The SMILES string of the molecule is Nc1cc(C(=O)OCC(=O)Nc2ccc(OCc3ccccc3)cc2)ccc1Cl. The highest BCUT2D eigenvalue weighted by atomic mass is 35.5. The molecule has 6 nitrogen and oxygen atoms in total. The van der Waals surface area contributed by atoms with Crippen molar-refractivity contribution in [2.24, 2.45) is 0 Å². The van der Waals surface area contributed by atoms with Crippen molar-refractivity contribution >= 4 is 34.9 Å². The van der Waals surface area contributed by atoms with Gasteiger partial charge >= 0.3 is 5.97 Å². The third-order valence-electron chi connectivity index (χ3n) is 3.95. The van der Waals surface area contributed by atoms with Crippen LogP contribution in [0.4, 0.5) is 11.4 Å². The number of benzene rings is 3. The summed E-state index contributed by atoms with van der Waals surface area (Å²) < 4.78 is 10.7. The van der Waals surface area contributed by atoms with Crippen molar-refractivity contribution in [2.75, 3.05) is 17.7 Å². The van der Waals surface area contributed by atoms with Gasteiger partial charge in [-0.15, -0.1) is 0 Å². The first kappa shape index (κ1) is 20.2. The van der Waals surface area contributed by atoms with Crippen molar-refractivity contribution in [2.45, 2.75) is 6.61 Å². The lowest BCUT2D eigenvalue weighted by atomic mass is 10.2. The number of nitrogens with two attached hydrogens (primary N) is 1. The van der Waals surface area contributed by atoms with Gasteiger partial charge in [0.2, 0.25) is 0 Å². The number of hydrogen-bond donors (Lipinski definition) is 2. The maximum atomic E-state index is 12.0. The molecule has 7 heteroatoms. The zero-order chi connectivity index (χ0) is 20.6. The molecule has 0 unspecified atom stereocenters. The summed E-state index contributed by atoms with van der Waals surface area (Å²) in [6, 6.07) is 21.1. The number of nitrogens with one attached hydrogen (secondary N) is 1. The molecule has 0 atom stereocenters. The minimum Gasteiger partial charge on any atom is -0.489 e. The molecule has 0 aromatic heterocycles. The van der Waals surface area contributed by atoms with E-state index in [1.165, 1.54) is 18.2 Å². The van der Waals surface area contributed by atoms with Gasteiger partial charge in [-0.2, -0.15) is 0 Å². The zero-order valence-corrected chi connectivity index (χ0v) is 16.2. The van der Waals surface area contributed by atoms with Gasteiger partial charge in [0.1, 0.15) is 12.4 Å². The van der Waals surface area contributed by atoms with Crippen LogP contribution in [0.5, 0.6) is 5.75 Å². The minimum absolute atomic E-state index is 0.222. The Morgan fingerprint density at radius 3 is 2.38 bits per heavy atom. The number of esters is 1. The van der Waals surface area contributed by atoms with Crippen LogP contribution in [0.1, 0.15) is 15.9 Å². The molecule has 0 heterocycles. The maximum Gasteiger partial charge on any atom is 0.338 e. The summed E-state index contributed by atoms with van der Waals surface area (Å²) in [5.41, 5.74) is 7.77. The fraction of sp³-hybridized carbons (Fsp3) is 0.0909. The first-order valence-electron chi connectivity index (χ1n) is 8.80. The van der Waals surface area contributed by atoms with Gasteiger partial charge in [-0.05, 0) is 48.0 Å². The van der Waals surface area contributed by atoms with Gasteiger partial charge < -0.3 is 20.5 Å². The number of anilines is 2. The molecule has 3 aromatic rings. The first-order chi connectivity index (χ1) is 14.0. The van der Waals surface area contributed by atoms with E-state index in [2.05, 4.69) is 5.32 Å². The van der Waals surface area contributed by atoms with Gasteiger partial charge in [0.15, 0.2) is 6.61 Å². The number of hydrogen-bond acceptors (Lipinski definition) is 5. The van der Waals surface area contributed by atoms with Gasteiger partial charge in [-0.25, -0.2) is 4.79 Å². The molecule has 0 radical (unpaired) electrons. The predicted octanol–water partition coefficient (Wildman–Crippen LogP) is 4.30. The topological polar surface area (TPSA) is 90.7 Å². The van der Waals surface area contributed by atoms with Gasteiger partial charge in [0, 0.05) is 5.69 Å². The van der Waals surface area contributed by atoms with Crippen molar-refractivity contribution in [3.63, 3.8) is 0 Å².